The molecule has 1 amide bonds. The molecule has 1 N–H and O–H groups in total. The maximum Gasteiger partial charge on any atom is 0.223 e. The molecule has 0 atom stereocenters. The second-order valence-electron chi connectivity index (χ2n) is 7.59. The molecular weight excluding hydrogens is 380 g/mol. The molecule has 1 fully saturated rings. The Kier molecular flexibility index (Phi) is 8.07. The number of piperidine rings is 1. The highest BCUT2D eigenvalue weighted by Crippen LogP contribution is 2.23. The highest BCUT2D eigenvalue weighted by Gasteiger charge is 2.23. The molecule has 0 saturated carbocycles. The van der Waals surface area contributed by atoms with Gasteiger partial charge >= 0.3 is 0 Å². The first kappa shape index (κ1) is 22.4. The Morgan fingerprint density at radius 1 is 1.00 bits per heavy atom. The first-order chi connectivity index (χ1) is 13.0. The molecule has 28 heavy (non-hydrogen) atoms. The van der Waals surface area contributed by atoms with E-state index >= 15 is 0 Å². The summed E-state index contributed by atoms with van der Waals surface area (Å²) in [6, 6.07) is 0. The van der Waals surface area contributed by atoms with E-state index in [1.807, 2.05) is 32.6 Å². The molecule has 2 aromatic heterocycles. The van der Waals surface area contributed by atoms with E-state index in [0.717, 1.165) is 66.4 Å². The highest BCUT2D eigenvalue weighted by atomic mass is 35.5. The van der Waals surface area contributed by atoms with Gasteiger partial charge in [0, 0.05) is 17.5 Å². The number of aromatic nitrogens is 2. The Hall–Kier alpha value is -1.86. The van der Waals surface area contributed by atoms with Crippen molar-refractivity contribution in [2.45, 2.75) is 66.5 Å². The lowest BCUT2D eigenvalue weighted by molar-refractivity contribution is -0.132. The van der Waals surface area contributed by atoms with Crippen LogP contribution in [0.15, 0.2) is 9.05 Å². The van der Waals surface area contributed by atoms with Crippen LogP contribution in [0.5, 0.6) is 0 Å². The van der Waals surface area contributed by atoms with Gasteiger partial charge in [-0.25, -0.2) is 0 Å². The average molecular weight is 411 g/mol. The van der Waals surface area contributed by atoms with E-state index in [-0.39, 0.29) is 18.3 Å². The van der Waals surface area contributed by atoms with E-state index in [4.69, 9.17) is 9.05 Å². The van der Waals surface area contributed by atoms with Crippen LogP contribution >= 0.6 is 12.4 Å². The van der Waals surface area contributed by atoms with Crippen LogP contribution in [0.3, 0.4) is 0 Å². The molecule has 0 bridgehead atoms. The van der Waals surface area contributed by atoms with E-state index < -0.39 is 0 Å². The van der Waals surface area contributed by atoms with E-state index in [1.165, 1.54) is 0 Å². The molecule has 2 aromatic rings. The Balaban J connectivity index is 0.00000280. The summed E-state index contributed by atoms with van der Waals surface area (Å²) in [6.07, 6.45) is 3.82. The second-order valence-corrected chi connectivity index (χ2v) is 7.59. The van der Waals surface area contributed by atoms with E-state index in [0.29, 0.717) is 25.4 Å². The lowest BCUT2D eigenvalue weighted by atomic mass is 9.93. The van der Waals surface area contributed by atoms with Crippen LogP contribution in [0, 0.1) is 33.6 Å². The van der Waals surface area contributed by atoms with Crippen LogP contribution in [0.2, 0.25) is 0 Å². The van der Waals surface area contributed by atoms with Crippen LogP contribution in [-0.2, 0) is 17.9 Å². The van der Waals surface area contributed by atoms with Gasteiger partial charge in [-0.05, 0) is 66.0 Å². The average Bonchev–Trinajstić information content (AvgIpc) is 3.16. The van der Waals surface area contributed by atoms with Gasteiger partial charge in [0.15, 0.2) is 0 Å². The van der Waals surface area contributed by atoms with Gasteiger partial charge in [0.25, 0.3) is 0 Å². The van der Waals surface area contributed by atoms with Crippen LogP contribution < -0.4 is 5.32 Å². The van der Waals surface area contributed by atoms with E-state index in [1.54, 1.807) is 0 Å². The van der Waals surface area contributed by atoms with Crippen molar-refractivity contribution in [1.29, 1.82) is 0 Å². The van der Waals surface area contributed by atoms with Gasteiger partial charge in [-0.3, -0.25) is 4.79 Å². The topological polar surface area (TPSA) is 84.4 Å². The second kappa shape index (κ2) is 10.1. The van der Waals surface area contributed by atoms with Gasteiger partial charge in [-0.1, -0.05) is 10.3 Å². The molecule has 7 nitrogen and oxygen atoms in total. The van der Waals surface area contributed by atoms with Crippen LogP contribution in [0.1, 0.15) is 59.7 Å². The molecular formula is C20H31ClN4O3. The molecule has 0 aromatic carbocycles. The van der Waals surface area contributed by atoms with Crippen molar-refractivity contribution in [1.82, 2.24) is 20.5 Å². The van der Waals surface area contributed by atoms with Crippen molar-refractivity contribution in [3.8, 4) is 0 Å². The third-order valence-corrected chi connectivity index (χ3v) is 5.64. The number of aryl methyl sites for hydroxylation is 4. The zero-order valence-electron chi connectivity index (χ0n) is 17.2. The zero-order chi connectivity index (χ0) is 19.4. The molecule has 1 aliphatic rings. The molecule has 1 saturated heterocycles. The van der Waals surface area contributed by atoms with Gasteiger partial charge in [0.05, 0.1) is 24.5 Å². The SMILES string of the molecule is Cc1noc(C)c1CN(Cc1c(C)noc1C)C(=O)CCC1CCNCC1.Cl. The molecule has 3 heterocycles. The fourth-order valence-corrected chi connectivity index (χ4v) is 3.73. The van der Waals surface area contributed by atoms with E-state index in [9.17, 15) is 4.79 Å². The molecule has 0 spiro atoms. The van der Waals surface area contributed by atoms with Crippen molar-refractivity contribution in [3.63, 3.8) is 0 Å². The maximum absolute atomic E-state index is 13.1. The first-order valence-electron chi connectivity index (χ1n) is 9.77. The standard InChI is InChI=1S/C20H30N4O3.ClH/c1-13-18(15(3)26-22-13)11-24(12-19-14(2)23-27-16(19)4)20(25)6-5-17-7-9-21-10-8-17;/h17,21H,5-12H2,1-4H3;1H. The summed E-state index contributed by atoms with van der Waals surface area (Å²) in [5.74, 6) is 2.33. The molecule has 0 radical (unpaired) electrons. The van der Waals surface area contributed by atoms with Crippen molar-refractivity contribution in [3.05, 3.63) is 34.0 Å². The number of halogens is 1. The minimum Gasteiger partial charge on any atom is -0.361 e. The summed E-state index contributed by atoms with van der Waals surface area (Å²) in [5.41, 5.74) is 3.64. The molecule has 0 unspecified atom stereocenters. The summed E-state index contributed by atoms with van der Waals surface area (Å²) in [5, 5.41) is 11.4. The Morgan fingerprint density at radius 3 is 1.93 bits per heavy atom. The Bertz CT molecular complexity index is 693. The maximum atomic E-state index is 13.1. The summed E-state index contributed by atoms with van der Waals surface area (Å²) in [7, 11) is 0. The number of nitrogens with zero attached hydrogens (tertiary/aromatic N) is 3. The van der Waals surface area contributed by atoms with Crippen LogP contribution in [0.25, 0.3) is 0 Å². The monoisotopic (exact) mass is 410 g/mol. The lowest BCUT2D eigenvalue weighted by Gasteiger charge is -2.26. The van der Waals surface area contributed by atoms with Crippen molar-refractivity contribution in [2.24, 2.45) is 5.92 Å². The van der Waals surface area contributed by atoms with Crippen molar-refractivity contribution >= 4 is 18.3 Å². The first-order valence-corrected chi connectivity index (χ1v) is 9.77. The Morgan fingerprint density at radius 2 is 1.50 bits per heavy atom. The van der Waals surface area contributed by atoms with Crippen LogP contribution in [0.4, 0.5) is 0 Å². The molecule has 3 rings (SSSR count). The number of rotatable bonds is 7. The summed E-state index contributed by atoms with van der Waals surface area (Å²) in [4.78, 5) is 15.0. The third kappa shape index (κ3) is 5.35. The largest absolute Gasteiger partial charge is 0.361 e. The number of nitrogens with one attached hydrogen (secondary N) is 1. The van der Waals surface area contributed by atoms with Crippen molar-refractivity contribution < 1.29 is 13.8 Å². The third-order valence-electron chi connectivity index (χ3n) is 5.64. The summed E-state index contributed by atoms with van der Waals surface area (Å²) in [6.45, 7) is 10.7. The zero-order valence-corrected chi connectivity index (χ0v) is 18.0. The lowest BCUT2D eigenvalue weighted by Crippen LogP contribution is -2.32. The van der Waals surface area contributed by atoms with Gasteiger partial charge in [0.1, 0.15) is 11.5 Å². The predicted molar refractivity (Wildman–Crippen MR) is 108 cm³/mol. The van der Waals surface area contributed by atoms with Gasteiger partial charge in [-0.15, -0.1) is 12.4 Å². The summed E-state index contributed by atoms with van der Waals surface area (Å²) >= 11 is 0. The number of hydrogen-bond acceptors (Lipinski definition) is 6. The number of carbonyl (C=O) groups excluding carboxylic acids is 1. The number of amides is 1. The molecule has 1 aliphatic heterocycles. The summed E-state index contributed by atoms with van der Waals surface area (Å²) < 4.78 is 10.6. The minimum absolute atomic E-state index is 0. The molecule has 0 aliphatic carbocycles. The quantitative estimate of drug-likeness (QED) is 0.750. The predicted octanol–water partition coefficient (Wildman–Crippen LogP) is 3.63. The van der Waals surface area contributed by atoms with Crippen LogP contribution in [-0.4, -0.2) is 34.2 Å². The normalized spacial score (nSPS) is 14.7. The van der Waals surface area contributed by atoms with Crippen molar-refractivity contribution in [2.75, 3.05) is 13.1 Å². The smallest absolute Gasteiger partial charge is 0.223 e. The Labute approximate surface area is 172 Å². The highest BCUT2D eigenvalue weighted by molar-refractivity contribution is 5.85. The van der Waals surface area contributed by atoms with E-state index in [2.05, 4.69) is 15.6 Å². The molecule has 8 heteroatoms. The minimum atomic E-state index is 0. The fourth-order valence-electron chi connectivity index (χ4n) is 3.73. The number of hydrogen-bond donors (Lipinski definition) is 1. The molecule has 156 valence electrons. The van der Waals surface area contributed by atoms with Gasteiger partial charge in [0.2, 0.25) is 5.91 Å². The van der Waals surface area contributed by atoms with Gasteiger partial charge < -0.3 is 19.3 Å². The number of carbonyl (C=O) groups is 1. The van der Waals surface area contributed by atoms with Gasteiger partial charge in [-0.2, -0.15) is 0 Å². The fraction of sp³-hybridized carbons (Fsp3) is 0.650.